The Morgan fingerprint density at radius 2 is 1.58 bits per heavy atom. The van der Waals surface area contributed by atoms with Crippen LogP contribution in [0.5, 0.6) is 0 Å². The molecular formula is C27H28Cl3N3O4S. The molecule has 1 unspecified atom stereocenters. The zero-order valence-corrected chi connectivity index (χ0v) is 24.0. The van der Waals surface area contributed by atoms with Gasteiger partial charge in [-0.05, 0) is 48.4 Å². The molecule has 38 heavy (non-hydrogen) atoms. The molecule has 2 amide bonds. The molecule has 0 saturated heterocycles. The fourth-order valence-corrected chi connectivity index (χ4v) is 5.28. The highest BCUT2D eigenvalue weighted by molar-refractivity contribution is 7.92. The first-order valence-corrected chi connectivity index (χ1v) is 14.8. The highest BCUT2D eigenvalue weighted by atomic mass is 35.5. The van der Waals surface area contributed by atoms with Crippen LogP contribution in [0.15, 0.2) is 72.8 Å². The number of hydrogen-bond donors (Lipinski definition) is 1. The number of hydrogen-bond acceptors (Lipinski definition) is 4. The van der Waals surface area contributed by atoms with Crippen LogP contribution in [0, 0.1) is 0 Å². The monoisotopic (exact) mass is 595 g/mol. The molecule has 0 heterocycles. The maximum atomic E-state index is 13.9. The van der Waals surface area contributed by atoms with Crippen LogP contribution in [0.2, 0.25) is 15.1 Å². The van der Waals surface area contributed by atoms with Crippen LogP contribution >= 0.6 is 34.8 Å². The van der Waals surface area contributed by atoms with E-state index < -0.39 is 28.5 Å². The molecule has 0 radical (unpaired) electrons. The Morgan fingerprint density at radius 1 is 0.895 bits per heavy atom. The lowest BCUT2D eigenvalue weighted by atomic mass is 10.0. The summed E-state index contributed by atoms with van der Waals surface area (Å²) in [6.07, 6.45) is 1.22. The minimum Gasteiger partial charge on any atom is -0.355 e. The molecule has 0 aromatic heterocycles. The standard InChI is InChI=1S/C27H28Cl3N3O4S/c1-3-31-27(35)25(15-19-8-5-4-6-9-19)32(17-20-10-7-11-21(28)14-20)26(34)18-33(38(2,36)37)22-12-13-23(29)24(30)16-22/h4-14,16,25H,3,15,17-18H2,1-2H3,(H,31,35). The van der Waals surface area contributed by atoms with Crippen molar-refractivity contribution in [2.24, 2.45) is 0 Å². The Bertz CT molecular complexity index is 1390. The summed E-state index contributed by atoms with van der Waals surface area (Å²) in [5.74, 6) is -0.930. The van der Waals surface area contributed by atoms with E-state index in [-0.39, 0.29) is 34.6 Å². The molecule has 202 valence electrons. The molecule has 0 aliphatic carbocycles. The number of amides is 2. The van der Waals surface area contributed by atoms with Crippen molar-refractivity contribution in [3.63, 3.8) is 0 Å². The van der Waals surface area contributed by atoms with Crippen molar-refractivity contribution in [3.05, 3.63) is 99.0 Å². The summed E-state index contributed by atoms with van der Waals surface area (Å²) in [6.45, 7) is 1.63. The third-order valence-electron chi connectivity index (χ3n) is 5.73. The van der Waals surface area contributed by atoms with Crippen LogP contribution in [0.1, 0.15) is 18.1 Å². The lowest BCUT2D eigenvalue weighted by Gasteiger charge is -2.33. The van der Waals surface area contributed by atoms with Gasteiger partial charge in [-0.2, -0.15) is 0 Å². The number of nitrogens with one attached hydrogen (secondary N) is 1. The van der Waals surface area contributed by atoms with E-state index in [4.69, 9.17) is 34.8 Å². The van der Waals surface area contributed by atoms with E-state index in [1.807, 2.05) is 30.3 Å². The van der Waals surface area contributed by atoms with Crippen molar-refractivity contribution in [2.45, 2.75) is 25.9 Å². The molecule has 7 nitrogen and oxygen atoms in total. The van der Waals surface area contributed by atoms with E-state index in [9.17, 15) is 18.0 Å². The van der Waals surface area contributed by atoms with Crippen molar-refractivity contribution in [1.82, 2.24) is 10.2 Å². The number of carbonyl (C=O) groups excluding carboxylic acids is 2. The SMILES string of the molecule is CCNC(=O)C(Cc1ccccc1)N(Cc1cccc(Cl)c1)C(=O)CN(c1ccc(Cl)c(Cl)c1)S(C)(=O)=O. The van der Waals surface area contributed by atoms with Gasteiger partial charge in [-0.15, -0.1) is 0 Å². The largest absolute Gasteiger partial charge is 0.355 e. The Hall–Kier alpha value is -2.78. The summed E-state index contributed by atoms with van der Waals surface area (Å²) in [6, 6.07) is 19.6. The van der Waals surface area contributed by atoms with Crippen molar-refractivity contribution < 1.29 is 18.0 Å². The van der Waals surface area contributed by atoms with Crippen molar-refractivity contribution >= 4 is 62.3 Å². The first-order chi connectivity index (χ1) is 18.0. The number of halogens is 3. The molecule has 0 spiro atoms. The molecule has 0 aliphatic heterocycles. The van der Waals surface area contributed by atoms with E-state index in [2.05, 4.69) is 5.32 Å². The van der Waals surface area contributed by atoms with E-state index >= 15 is 0 Å². The van der Waals surface area contributed by atoms with Crippen molar-refractivity contribution in [2.75, 3.05) is 23.7 Å². The maximum Gasteiger partial charge on any atom is 0.244 e. The Kier molecular flexibility index (Phi) is 10.4. The molecule has 3 aromatic carbocycles. The van der Waals surface area contributed by atoms with Gasteiger partial charge in [-0.1, -0.05) is 77.3 Å². The molecule has 3 aromatic rings. The van der Waals surface area contributed by atoms with Gasteiger partial charge in [-0.3, -0.25) is 13.9 Å². The second-order valence-corrected chi connectivity index (χ2v) is 11.8. The maximum absolute atomic E-state index is 13.9. The van der Waals surface area contributed by atoms with Gasteiger partial charge in [0.05, 0.1) is 22.0 Å². The Balaban J connectivity index is 2.05. The summed E-state index contributed by atoms with van der Waals surface area (Å²) in [4.78, 5) is 28.6. The molecule has 0 saturated carbocycles. The van der Waals surface area contributed by atoms with Crippen molar-refractivity contribution in [1.29, 1.82) is 0 Å². The predicted octanol–water partition coefficient (Wildman–Crippen LogP) is 5.19. The summed E-state index contributed by atoms with van der Waals surface area (Å²) in [5, 5.41) is 3.67. The Morgan fingerprint density at radius 3 is 2.18 bits per heavy atom. The molecule has 0 bridgehead atoms. The smallest absolute Gasteiger partial charge is 0.244 e. The number of carbonyl (C=O) groups is 2. The fraction of sp³-hybridized carbons (Fsp3) is 0.259. The number of likely N-dealkylation sites (N-methyl/N-ethyl adjacent to an activating group) is 1. The Labute approximate surface area is 238 Å². The number of rotatable bonds is 11. The van der Waals surface area contributed by atoms with Crippen LogP contribution in [-0.2, 0) is 32.6 Å². The number of benzene rings is 3. The van der Waals surface area contributed by atoms with Gasteiger partial charge < -0.3 is 10.2 Å². The zero-order valence-electron chi connectivity index (χ0n) is 20.9. The summed E-state index contributed by atoms with van der Waals surface area (Å²) in [7, 11) is -3.91. The molecule has 1 atom stereocenters. The normalized spacial score (nSPS) is 12.0. The molecule has 0 fully saturated rings. The lowest BCUT2D eigenvalue weighted by molar-refractivity contribution is -0.140. The highest BCUT2D eigenvalue weighted by Gasteiger charge is 2.33. The van der Waals surface area contributed by atoms with Gasteiger partial charge in [0.2, 0.25) is 21.8 Å². The zero-order chi connectivity index (χ0) is 27.9. The van der Waals surface area contributed by atoms with Crippen LogP contribution in [0.25, 0.3) is 0 Å². The second-order valence-electron chi connectivity index (χ2n) is 8.62. The first kappa shape index (κ1) is 29.8. The van der Waals surface area contributed by atoms with Gasteiger partial charge in [0.15, 0.2) is 0 Å². The van der Waals surface area contributed by atoms with Crippen molar-refractivity contribution in [3.8, 4) is 0 Å². The highest BCUT2D eigenvalue weighted by Crippen LogP contribution is 2.29. The van der Waals surface area contributed by atoms with E-state index in [0.717, 1.165) is 16.1 Å². The lowest BCUT2D eigenvalue weighted by Crippen LogP contribution is -2.53. The molecule has 11 heteroatoms. The summed E-state index contributed by atoms with van der Waals surface area (Å²) in [5.41, 5.74) is 1.71. The number of nitrogens with zero attached hydrogens (tertiary/aromatic N) is 2. The summed E-state index contributed by atoms with van der Waals surface area (Å²) < 4.78 is 26.5. The van der Waals surface area contributed by atoms with E-state index in [1.165, 1.54) is 23.1 Å². The topological polar surface area (TPSA) is 86.8 Å². The molecular weight excluding hydrogens is 569 g/mol. The van der Waals surface area contributed by atoms with Gasteiger partial charge in [0.1, 0.15) is 12.6 Å². The average Bonchev–Trinajstić information content (AvgIpc) is 2.86. The summed E-state index contributed by atoms with van der Waals surface area (Å²) >= 11 is 18.3. The third kappa shape index (κ3) is 8.11. The number of sulfonamides is 1. The average molecular weight is 597 g/mol. The minimum absolute atomic E-state index is 0.0347. The minimum atomic E-state index is -3.91. The van der Waals surface area contributed by atoms with Crippen LogP contribution < -0.4 is 9.62 Å². The van der Waals surface area contributed by atoms with Crippen LogP contribution in [0.3, 0.4) is 0 Å². The van der Waals surface area contributed by atoms with E-state index in [0.29, 0.717) is 17.1 Å². The van der Waals surface area contributed by atoms with E-state index in [1.54, 1.807) is 31.2 Å². The molecule has 3 rings (SSSR count). The fourth-order valence-electron chi connectivity index (χ4n) is 3.93. The van der Waals surface area contributed by atoms with Crippen LogP contribution in [0.4, 0.5) is 5.69 Å². The number of anilines is 1. The van der Waals surface area contributed by atoms with Gasteiger partial charge in [0.25, 0.3) is 0 Å². The van der Waals surface area contributed by atoms with Gasteiger partial charge in [-0.25, -0.2) is 8.42 Å². The first-order valence-electron chi connectivity index (χ1n) is 11.8. The van der Waals surface area contributed by atoms with Crippen LogP contribution in [-0.4, -0.2) is 50.5 Å². The molecule has 1 N–H and O–H groups in total. The molecule has 0 aliphatic rings. The quantitative estimate of drug-likeness (QED) is 0.330. The third-order valence-corrected chi connectivity index (χ3v) is 7.85. The van der Waals surface area contributed by atoms with Gasteiger partial charge in [0, 0.05) is 24.5 Å². The predicted molar refractivity (Wildman–Crippen MR) is 153 cm³/mol. The second kappa shape index (κ2) is 13.3. The van der Waals surface area contributed by atoms with Gasteiger partial charge >= 0.3 is 0 Å².